The van der Waals surface area contributed by atoms with Gasteiger partial charge in [0.05, 0.1) is 7.11 Å². The van der Waals surface area contributed by atoms with Crippen LogP contribution in [-0.4, -0.2) is 20.2 Å². The van der Waals surface area contributed by atoms with Crippen LogP contribution in [0.5, 0.6) is 0 Å². The Morgan fingerprint density at radius 3 is 1.87 bits per heavy atom. The molecule has 0 radical (unpaired) electrons. The van der Waals surface area contributed by atoms with E-state index in [-0.39, 0.29) is 5.82 Å². The molecule has 0 bridgehead atoms. The third-order valence-electron chi connectivity index (χ3n) is 4.00. The number of hydrogen-bond acceptors (Lipinski definition) is 2. The lowest BCUT2D eigenvalue weighted by atomic mass is 10.1. The summed E-state index contributed by atoms with van der Waals surface area (Å²) in [6.45, 7) is 20.6. The van der Waals surface area contributed by atoms with E-state index in [0.717, 1.165) is 18.7 Å². The lowest BCUT2D eigenvalue weighted by Crippen LogP contribution is -2.25. The molecule has 0 atom stereocenters. The average Bonchev–Trinajstić information content (AvgIpc) is 2.70. The molecule has 0 amide bonds. The molecule has 0 saturated heterocycles. The minimum Gasteiger partial charge on any atom is -0.450 e. The number of benzene rings is 2. The number of nitrogens with zero attached hydrogens (tertiary/aromatic N) is 1. The number of rotatable bonds is 5. The Balaban J connectivity index is 0. The molecule has 0 spiro atoms. The second-order valence-corrected chi connectivity index (χ2v) is 7.53. The van der Waals surface area contributed by atoms with E-state index >= 15 is 0 Å². The van der Waals surface area contributed by atoms with Crippen LogP contribution in [0.2, 0.25) is 0 Å². The van der Waals surface area contributed by atoms with Crippen molar-refractivity contribution in [2.75, 3.05) is 25.1 Å². The number of anilines is 1. The van der Waals surface area contributed by atoms with Crippen LogP contribution in [0.25, 0.3) is 0 Å². The Bertz CT molecular complexity index is 750. The Kier molecular flexibility index (Phi) is 18.9. The van der Waals surface area contributed by atoms with Crippen LogP contribution >= 0.6 is 0 Å². The minimum absolute atomic E-state index is 0.162. The number of methoxy groups -OCH3 is 1. The van der Waals surface area contributed by atoms with Crippen molar-refractivity contribution in [3.05, 3.63) is 77.1 Å². The highest BCUT2D eigenvalue weighted by Crippen LogP contribution is 2.23. The van der Waals surface area contributed by atoms with E-state index in [1.807, 2.05) is 32.9 Å². The molecular formula is C28H42FNO. The fraction of sp³-hybridized carbons (Fsp3) is 0.429. The van der Waals surface area contributed by atoms with E-state index in [9.17, 15) is 4.39 Å². The zero-order chi connectivity index (χ0) is 24.2. The summed E-state index contributed by atoms with van der Waals surface area (Å²) in [6, 6.07) is 13.1. The van der Waals surface area contributed by atoms with Gasteiger partial charge >= 0.3 is 0 Å². The van der Waals surface area contributed by atoms with E-state index in [1.54, 1.807) is 6.07 Å². The second-order valence-electron chi connectivity index (χ2n) is 7.53. The van der Waals surface area contributed by atoms with Crippen LogP contribution in [0.15, 0.2) is 54.6 Å². The van der Waals surface area contributed by atoms with Gasteiger partial charge in [0.15, 0.2) is 0 Å². The molecule has 172 valence electrons. The average molecular weight is 428 g/mol. The van der Waals surface area contributed by atoms with Crippen molar-refractivity contribution in [3.63, 3.8) is 0 Å². The van der Waals surface area contributed by atoms with Gasteiger partial charge in [-0.15, -0.1) is 6.58 Å². The van der Waals surface area contributed by atoms with Crippen LogP contribution in [0.4, 0.5) is 10.1 Å². The number of aryl methyl sites for hydroxylation is 2. The first-order chi connectivity index (χ1) is 14.6. The Morgan fingerprint density at radius 1 is 1.03 bits per heavy atom. The highest BCUT2D eigenvalue weighted by molar-refractivity contribution is 5.55. The summed E-state index contributed by atoms with van der Waals surface area (Å²) in [4.78, 5) is 2.50. The van der Waals surface area contributed by atoms with Crippen LogP contribution < -0.4 is 4.90 Å². The minimum atomic E-state index is -0.162. The van der Waals surface area contributed by atoms with Gasteiger partial charge in [0.1, 0.15) is 11.9 Å². The summed E-state index contributed by atoms with van der Waals surface area (Å²) in [5, 5.41) is 0. The molecule has 0 fully saturated rings. The highest BCUT2D eigenvalue weighted by atomic mass is 19.1. The summed E-state index contributed by atoms with van der Waals surface area (Å²) >= 11 is 0. The number of terminal acetylenes is 1. The summed E-state index contributed by atoms with van der Waals surface area (Å²) in [5.41, 5.74) is 6.37. The van der Waals surface area contributed by atoms with Crippen LogP contribution in [-0.2, 0) is 4.74 Å². The number of ether oxygens (including phenoxy) is 1. The van der Waals surface area contributed by atoms with Crippen molar-refractivity contribution in [3.8, 4) is 12.5 Å². The van der Waals surface area contributed by atoms with E-state index in [0.29, 0.717) is 0 Å². The molecule has 3 heteroatoms. The predicted octanol–water partition coefficient (Wildman–Crippen LogP) is 7.87. The Labute approximate surface area is 191 Å². The van der Waals surface area contributed by atoms with Crippen LogP contribution in [0.1, 0.15) is 57.2 Å². The molecule has 2 aromatic rings. The normalized spacial score (nSPS) is 8.77. The fourth-order valence-electron chi connectivity index (χ4n) is 2.58. The maximum absolute atomic E-state index is 12.2. The zero-order valence-corrected chi connectivity index (χ0v) is 20.9. The number of hydrogen-bond donors (Lipinski definition) is 0. The summed E-state index contributed by atoms with van der Waals surface area (Å²) in [6.07, 6.45) is 8.92. The monoisotopic (exact) mass is 427 g/mol. The molecule has 31 heavy (non-hydrogen) atoms. The van der Waals surface area contributed by atoms with Gasteiger partial charge in [-0.25, -0.2) is 4.39 Å². The lowest BCUT2D eigenvalue weighted by Gasteiger charge is -2.26. The first-order valence-corrected chi connectivity index (χ1v) is 10.8. The van der Waals surface area contributed by atoms with Crippen LogP contribution in [0, 0.1) is 39.1 Å². The smallest absolute Gasteiger partial charge is 0.123 e. The third kappa shape index (κ3) is 16.7. The van der Waals surface area contributed by atoms with Gasteiger partial charge in [-0.3, -0.25) is 0 Å². The molecule has 0 aliphatic carbocycles. The van der Waals surface area contributed by atoms with Crippen molar-refractivity contribution in [1.29, 1.82) is 0 Å². The molecule has 0 aliphatic heterocycles. The molecule has 2 rings (SSSR count). The fourth-order valence-corrected chi connectivity index (χ4v) is 2.58. The van der Waals surface area contributed by atoms with Crippen molar-refractivity contribution in [1.82, 2.24) is 0 Å². The van der Waals surface area contributed by atoms with Gasteiger partial charge in [0.2, 0.25) is 0 Å². The predicted molar refractivity (Wildman–Crippen MR) is 136 cm³/mol. The standard InChI is InChI=1S/C14H23N.C7H7F.C4H8.C3H4O/c1-5-10-15(11-6-2)14-9-7-8-12(3)13(14)4;1-6-3-2-4-7(8)5-6;1-4(2)3;1-3-4-2/h7-9H,5-6,10-11H2,1-4H3;2-5H,1H3;1H2,2-3H3;1H,2H3. The largest absolute Gasteiger partial charge is 0.450 e. The van der Waals surface area contributed by atoms with Crippen molar-refractivity contribution < 1.29 is 9.13 Å². The number of halogens is 1. The van der Waals surface area contributed by atoms with Crippen molar-refractivity contribution >= 4 is 5.69 Å². The molecule has 0 aliphatic rings. The molecule has 0 saturated carbocycles. The van der Waals surface area contributed by atoms with Crippen LogP contribution in [0.3, 0.4) is 0 Å². The topological polar surface area (TPSA) is 12.5 Å². The summed E-state index contributed by atoms with van der Waals surface area (Å²) in [7, 11) is 1.44. The molecule has 2 aromatic carbocycles. The third-order valence-corrected chi connectivity index (χ3v) is 4.00. The first kappa shape index (κ1) is 30.5. The molecular weight excluding hydrogens is 385 g/mol. The molecule has 0 N–H and O–H groups in total. The van der Waals surface area contributed by atoms with E-state index in [2.05, 4.69) is 68.5 Å². The zero-order valence-electron chi connectivity index (χ0n) is 20.9. The van der Waals surface area contributed by atoms with Gasteiger partial charge < -0.3 is 9.64 Å². The highest BCUT2D eigenvalue weighted by Gasteiger charge is 2.08. The summed E-state index contributed by atoms with van der Waals surface area (Å²) < 4.78 is 16.2. The Hall–Kier alpha value is -2.73. The maximum atomic E-state index is 12.2. The van der Waals surface area contributed by atoms with Crippen molar-refractivity contribution in [2.24, 2.45) is 0 Å². The molecule has 0 heterocycles. The van der Waals surface area contributed by atoms with E-state index in [1.165, 1.54) is 54.5 Å². The first-order valence-electron chi connectivity index (χ1n) is 10.8. The summed E-state index contributed by atoms with van der Waals surface area (Å²) in [5.74, 6) is -0.162. The second kappa shape index (κ2) is 19.2. The van der Waals surface area contributed by atoms with E-state index in [4.69, 9.17) is 0 Å². The van der Waals surface area contributed by atoms with Gasteiger partial charge in [-0.2, -0.15) is 0 Å². The van der Waals surface area contributed by atoms with E-state index < -0.39 is 0 Å². The molecule has 2 nitrogen and oxygen atoms in total. The van der Waals surface area contributed by atoms with Crippen molar-refractivity contribution in [2.45, 2.75) is 61.3 Å². The maximum Gasteiger partial charge on any atom is 0.123 e. The van der Waals surface area contributed by atoms with Gasteiger partial charge in [-0.1, -0.05) is 50.1 Å². The Morgan fingerprint density at radius 2 is 1.52 bits per heavy atom. The number of allylic oxidation sites excluding steroid dienone is 1. The van der Waals surface area contributed by atoms with Gasteiger partial charge in [0, 0.05) is 18.8 Å². The van der Waals surface area contributed by atoms with Gasteiger partial charge in [0.25, 0.3) is 0 Å². The lowest BCUT2D eigenvalue weighted by molar-refractivity contribution is 0.373. The van der Waals surface area contributed by atoms with Gasteiger partial charge in [-0.05, 0) is 82.3 Å². The quantitative estimate of drug-likeness (QED) is 0.355. The molecule has 0 aromatic heterocycles. The SMILES string of the molecule is C#COC.C=C(C)C.CCCN(CCC)c1cccc(C)c1C.Cc1cccc(F)c1. The molecule has 0 unspecified atom stereocenters.